The van der Waals surface area contributed by atoms with Gasteiger partial charge in [-0.25, -0.2) is 4.39 Å². The van der Waals surface area contributed by atoms with E-state index in [2.05, 4.69) is 51.8 Å². The lowest BCUT2D eigenvalue weighted by Gasteiger charge is -2.28. The lowest BCUT2D eigenvalue weighted by atomic mass is 9.96. The Morgan fingerprint density at radius 1 is 0.947 bits per heavy atom. The number of pyridine rings is 1. The lowest BCUT2D eigenvalue weighted by Crippen LogP contribution is -2.29. The first-order chi connectivity index (χ1) is 18.5. The van der Waals surface area contributed by atoms with E-state index >= 15 is 0 Å². The van der Waals surface area contributed by atoms with Crippen LogP contribution >= 0.6 is 12.2 Å². The number of hydrogen-bond donors (Lipinski definition) is 1. The average molecular weight is 527 g/mol. The summed E-state index contributed by atoms with van der Waals surface area (Å²) in [4.78, 5) is 6.87. The van der Waals surface area contributed by atoms with E-state index in [4.69, 9.17) is 17.0 Å². The first-order valence-corrected chi connectivity index (χ1v) is 13.6. The Labute approximate surface area is 228 Å². The molecule has 0 radical (unpaired) electrons. The molecule has 2 atom stereocenters. The molecule has 7 heteroatoms. The molecule has 1 aliphatic carbocycles. The summed E-state index contributed by atoms with van der Waals surface area (Å²) in [6.07, 6.45) is 6.86. The van der Waals surface area contributed by atoms with Crippen molar-refractivity contribution in [2.75, 3.05) is 4.90 Å². The van der Waals surface area contributed by atoms with Crippen molar-refractivity contribution in [2.24, 2.45) is 0 Å². The number of aryl methyl sites for hydroxylation is 1. The third-order valence-corrected chi connectivity index (χ3v) is 8.01. The molecule has 1 saturated carbocycles. The Hall–Kier alpha value is -3.71. The molecule has 0 bridgehead atoms. The van der Waals surface area contributed by atoms with Gasteiger partial charge in [0, 0.05) is 29.0 Å². The summed E-state index contributed by atoms with van der Waals surface area (Å²) in [5.74, 6) is 0.648. The number of ether oxygens (including phenoxy) is 1. The Morgan fingerprint density at radius 2 is 1.66 bits per heavy atom. The number of rotatable bonds is 6. The number of hydrogen-bond acceptors (Lipinski definition) is 3. The molecule has 2 aromatic heterocycles. The average Bonchev–Trinajstić information content (AvgIpc) is 3.64. The molecule has 0 unspecified atom stereocenters. The molecule has 3 heterocycles. The molecule has 1 aliphatic heterocycles. The van der Waals surface area contributed by atoms with Gasteiger partial charge in [0.15, 0.2) is 5.11 Å². The molecule has 0 amide bonds. The van der Waals surface area contributed by atoms with Gasteiger partial charge in [-0.1, -0.05) is 6.07 Å². The molecule has 2 fully saturated rings. The maximum Gasteiger partial charge on any atom is 0.174 e. The second kappa shape index (κ2) is 10.2. The summed E-state index contributed by atoms with van der Waals surface area (Å²) >= 11 is 5.92. The highest BCUT2D eigenvalue weighted by atomic mass is 32.1. The fourth-order valence-corrected chi connectivity index (χ4v) is 6.25. The van der Waals surface area contributed by atoms with E-state index < -0.39 is 0 Å². The SMILES string of the molecule is Cc1cc([C@@H]2[C@@H](c3ccccn3)NC(=S)N2c2ccc(OC3CCCC3)cc2)c(C)n1-c1ccc(F)cc1. The van der Waals surface area contributed by atoms with Crippen LogP contribution in [0.4, 0.5) is 10.1 Å². The van der Waals surface area contributed by atoms with Gasteiger partial charge in [0.05, 0.1) is 23.9 Å². The van der Waals surface area contributed by atoms with Gasteiger partial charge in [-0.15, -0.1) is 0 Å². The summed E-state index contributed by atoms with van der Waals surface area (Å²) in [5.41, 5.74) is 6.14. The van der Waals surface area contributed by atoms with Crippen LogP contribution in [-0.4, -0.2) is 20.8 Å². The lowest BCUT2D eigenvalue weighted by molar-refractivity contribution is 0.210. The highest BCUT2D eigenvalue weighted by molar-refractivity contribution is 7.80. The molecule has 4 aromatic rings. The molecule has 194 valence electrons. The quantitative estimate of drug-likeness (QED) is 0.271. The van der Waals surface area contributed by atoms with Crippen LogP contribution in [0.15, 0.2) is 79.0 Å². The van der Waals surface area contributed by atoms with Crippen LogP contribution in [0.5, 0.6) is 5.75 Å². The van der Waals surface area contributed by atoms with Crippen LogP contribution in [0.2, 0.25) is 0 Å². The van der Waals surface area contributed by atoms with Gasteiger partial charge in [0.1, 0.15) is 11.6 Å². The number of anilines is 1. The van der Waals surface area contributed by atoms with E-state index in [1.54, 1.807) is 0 Å². The fourth-order valence-electron chi connectivity index (χ4n) is 5.91. The second-order valence-electron chi connectivity index (χ2n) is 10.2. The van der Waals surface area contributed by atoms with Gasteiger partial charge in [0.2, 0.25) is 0 Å². The zero-order valence-electron chi connectivity index (χ0n) is 21.6. The highest BCUT2D eigenvalue weighted by Gasteiger charge is 2.42. The van der Waals surface area contributed by atoms with Gasteiger partial charge in [-0.3, -0.25) is 4.98 Å². The fraction of sp³-hybridized carbons (Fsp3) is 0.290. The maximum absolute atomic E-state index is 13.7. The molecule has 1 N–H and O–H groups in total. The first kappa shape index (κ1) is 24.6. The Kier molecular flexibility index (Phi) is 6.62. The van der Waals surface area contributed by atoms with E-state index in [0.717, 1.165) is 52.6 Å². The number of benzene rings is 2. The molecule has 38 heavy (non-hydrogen) atoms. The first-order valence-electron chi connectivity index (χ1n) is 13.2. The van der Waals surface area contributed by atoms with Crippen molar-refractivity contribution in [2.45, 2.75) is 57.7 Å². The van der Waals surface area contributed by atoms with Crippen molar-refractivity contribution in [1.82, 2.24) is 14.9 Å². The second-order valence-corrected chi connectivity index (χ2v) is 10.5. The standard InChI is InChI=1S/C31H31FN4OS/c1-20-19-27(21(2)35(20)23-12-10-22(32)11-13-23)30-29(28-9-5-6-18-33-28)34-31(38)36(30)24-14-16-26(17-15-24)37-25-7-3-4-8-25/h5-6,9-19,25,29-30H,3-4,7-8H2,1-2H3,(H,34,38)/t29-,30-/m1/s1. The van der Waals surface area contributed by atoms with E-state index in [0.29, 0.717) is 11.2 Å². The molecular weight excluding hydrogens is 495 g/mol. The van der Waals surface area contributed by atoms with Crippen LogP contribution in [0.3, 0.4) is 0 Å². The van der Waals surface area contributed by atoms with Gasteiger partial charge in [0.25, 0.3) is 0 Å². The molecule has 0 spiro atoms. The van der Waals surface area contributed by atoms with E-state index in [1.165, 1.54) is 25.0 Å². The summed E-state index contributed by atoms with van der Waals surface area (Å²) in [6.45, 7) is 4.19. The minimum Gasteiger partial charge on any atom is -0.490 e. The van der Waals surface area contributed by atoms with Crippen molar-refractivity contribution < 1.29 is 9.13 Å². The van der Waals surface area contributed by atoms with Gasteiger partial charge < -0.3 is 19.5 Å². The Morgan fingerprint density at radius 3 is 2.34 bits per heavy atom. The topological polar surface area (TPSA) is 42.3 Å². The monoisotopic (exact) mass is 526 g/mol. The van der Waals surface area contributed by atoms with Crippen molar-refractivity contribution in [1.29, 1.82) is 0 Å². The van der Waals surface area contributed by atoms with Gasteiger partial charge in [-0.05, 0) is 124 Å². The van der Waals surface area contributed by atoms with Crippen LogP contribution in [0, 0.1) is 19.7 Å². The van der Waals surface area contributed by atoms with E-state index in [1.807, 2.05) is 48.7 Å². The third kappa shape index (κ3) is 4.56. The van der Waals surface area contributed by atoms with Gasteiger partial charge in [-0.2, -0.15) is 0 Å². The Balaban J connectivity index is 1.41. The molecular formula is C31H31FN4OS. The summed E-state index contributed by atoms with van der Waals surface area (Å²) < 4.78 is 22.0. The minimum absolute atomic E-state index is 0.126. The largest absolute Gasteiger partial charge is 0.490 e. The summed E-state index contributed by atoms with van der Waals surface area (Å²) in [6, 6.07) is 22.8. The predicted molar refractivity (Wildman–Crippen MR) is 152 cm³/mol. The predicted octanol–water partition coefficient (Wildman–Crippen LogP) is 7.13. The number of nitrogens with one attached hydrogen (secondary N) is 1. The van der Waals surface area contributed by atoms with Crippen molar-refractivity contribution >= 4 is 23.0 Å². The highest BCUT2D eigenvalue weighted by Crippen LogP contribution is 2.44. The van der Waals surface area contributed by atoms with E-state index in [9.17, 15) is 4.39 Å². The maximum atomic E-state index is 13.7. The number of thiocarbonyl (C=S) groups is 1. The number of aromatic nitrogens is 2. The van der Waals surface area contributed by atoms with Crippen molar-refractivity contribution in [3.63, 3.8) is 0 Å². The molecule has 1 saturated heterocycles. The van der Waals surface area contributed by atoms with E-state index in [-0.39, 0.29) is 17.9 Å². The number of nitrogens with zero attached hydrogens (tertiary/aromatic N) is 3. The van der Waals surface area contributed by atoms with Crippen LogP contribution in [0.25, 0.3) is 5.69 Å². The molecule has 2 aliphatic rings. The van der Waals surface area contributed by atoms with Crippen molar-refractivity contribution in [3.05, 3.63) is 107 Å². The third-order valence-electron chi connectivity index (χ3n) is 7.69. The minimum atomic E-state index is -0.247. The van der Waals surface area contributed by atoms with Crippen LogP contribution in [-0.2, 0) is 0 Å². The zero-order valence-corrected chi connectivity index (χ0v) is 22.4. The van der Waals surface area contributed by atoms with Gasteiger partial charge >= 0.3 is 0 Å². The Bertz CT molecular complexity index is 1430. The summed E-state index contributed by atoms with van der Waals surface area (Å²) in [7, 11) is 0. The number of halogens is 1. The molecule has 2 aromatic carbocycles. The smallest absolute Gasteiger partial charge is 0.174 e. The van der Waals surface area contributed by atoms with Crippen molar-refractivity contribution in [3.8, 4) is 11.4 Å². The molecule has 6 rings (SSSR count). The normalized spacial score (nSPS) is 19.7. The van der Waals surface area contributed by atoms with Crippen LogP contribution < -0.4 is 15.0 Å². The van der Waals surface area contributed by atoms with Crippen LogP contribution in [0.1, 0.15) is 60.4 Å². The molecule has 5 nitrogen and oxygen atoms in total. The zero-order chi connectivity index (χ0) is 26.2. The summed E-state index contributed by atoms with van der Waals surface area (Å²) in [5, 5.41) is 4.20.